The van der Waals surface area contributed by atoms with Gasteiger partial charge in [-0.2, -0.15) is 0 Å². The van der Waals surface area contributed by atoms with E-state index in [0.717, 1.165) is 24.3 Å². The summed E-state index contributed by atoms with van der Waals surface area (Å²) in [6.45, 7) is 13.9. The fourth-order valence-electron chi connectivity index (χ4n) is 3.95. The molecule has 112 valence electrons. The molecular weight excluding hydrogens is 262 g/mol. The lowest BCUT2D eigenvalue weighted by atomic mass is 9.87. The van der Waals surface area contributed by atoms with E-state index in [1.54, 1.807) is 0 Å². The first kappa shape index (κ1) is 15.4. The summed E-state index contributed by atoms with van der Waals surface area (Å²) in [5, 5.41) is 0. The van der Waals surface area contributed by atoms with Crippen LogP contribution in [0.1, 0.15) is 52.7 Å². The third kappa shape index (κ3) is 2.37. The molecule has 0 fully saturated rings. The Morgan fingerprint density at radius 2 is 1.50 bits per heavy atom. The zero-order valence-electron chi connectivity index (χ0n) is 13.8. The van der Waals surface area contributed by atoms with Gasteiger partial charge in [0.25, 0.3) is 8.32 Å². The lowest BCUT2D eigenvalue weighted by Gasteiger charge is -2.42. The monoisotopic (exact) mass is 291 g/mol. The van der Waals surface area contributed by atoms with Crippen molar-refractivity contribution in [3.05, 3.63) is 23.3 Å². The Balaban J connectivity index is 2.37. The van der Waals surface area contributed by atoms with Crippen molar-refractivity contribution in [1.82, 2.24) is 0 Å². The number of benzene rings is 1. The Hall–Kier alpha value is -0.963. The van der Waals surface area contributed by atoms with E-state index in [0.29, 0.717) is 16.6 Å². The summed E-state index contributed by atoms with van der Waals surface area (Å²) >= 11 is 0. The normalized spacial score (nSPS) is 14.7. The third-order valence-corrected chi connectivity index (χ3v) is 11.0. The quantitative estimate of drug-likeness (QED) is 0.617. The van der Waals surface area contributed by atoms with E-state index < -0.39 is 8.32 Å². The number of hydrogen-bond donors (Lipinski definition) is 1. The van der Waals surface area contributed by atoms with Crippen LogP contribution in [0.4, 0.5) is 5.69 Å². The molecule has 0 saturated carbocycles. The summed E-state index contributed by atoms with van der Waals surface area (Å²) in [5.41, 5.74) is 11.6. The van der Waals surface area contributed by atoms with Gasteiger partial charge in [0, 0.05) is 11.8 Å². The van der Waals surface area contributed by atoms with Crippen molar-refractivity contribution in [2.24, 2.45) is 0 Å². The maximum absolute atomic E-state index is 6.70. The van der Waals surface area contributed by atoms with Gasteiger partial charge in [0.2, 0.25) is 0 Å². The molecule has 1 aromatic carbocycles. The molecule has 3 heteroatoms. The first-order chi connectivity index (χ1) is 9.29. The Morgan fingerprint density at radius 1 is 0.950 bits per heavy atom. The van der Waals surface area contributed by atoms with E-state index in [1.807, 2.05) is 6.07 Å². The van der Waals surface area contributed by atoms with Gasteiger partial charge in [0.15, 0.2) is 0 Å². The van der Waals surface area contributed by atoms with Gasteiger partial charge in [0.1, 0.15) is 5.75 Å². The van der Waals surface area contributed by atoms with Gasteiger partial charge in [-0.05, 0) is 46.7 Å². The molecule has 0 spiro atoms. The second-order valence-electron chi connectivity index (χ2n) is 7.07. The maximum atomic E-state index is 6.70. The first-order valence-electron chi connectivity index (χ1n) is 7.89. The van der Waals surface area contributed by atoms with Gasteiger partial charge in [-0.1, -0.05) is 41.5 Å². The van der Waals surface area contributed by atoms with Crippen LogP contribution in [0.2, 0.25) is 16.6 Å². The van der Waals surface area contributed by atoms with Crippen LogP contribution in [-0.4, -0.2) is 8.32 Å². The molecule has 0 unspecified atom stereocenters. The van der Waals surface area contributed by atoms with Gasteiger partial charge in [-0.3, -0.25) is 0 Å². The molecule has 0 aliphatic heterocycles. The van der Waals surface area contributed by atoms with Gasteiger partial charge in [-0.15, -0.1) is 0 Å². The number of hydrogen-bond acceptors (Lipinski definition) is 2. The van der Waals surface area contributed by atoms with Crippen LogP contribution in [0.3, 0.4) is 0 Å². The summed E-state index contributed by atoms with van der Waals surface area (Å²) < 4.78 is 6.70. The van der Waals surface area contributed by atoms with Crippen molar-refractivity contribution in [3.8, 4) is 5.75 Å². The van der Waals surface area contributed by atoms with E-state index in [4.69, 9.17) is 10.2 Å². The number of fused-ring (bicyclic) bond motifs is 1. The summed E-state index contributed by atoms with van der Waals surface area (Å²) in [6, 6.07) is 4.27. The third-order valence-electron chi connectivity index (χ3n) is 5.00. The summed E-state index contributed by atoms with van der Waals surface area (Å²) in [5.74, 6) is 1.00. The molecule has 20 heavy (non-hydrogen) atoms. The van der Waals surface area contributed by atoms with Crippen LogP contribution in [0.25, 0.3) is 0 Å². The van der Waals surface area contributed by atoms with Gasteiger partial charge >= 0.3 is 0 Å². The zero-order chi connectivity index (χ0) is 15.1. The second-order valence-corrected chi connectivity index (χ2v) is 12.4. The number of aryl methyl sites for hydroxylation is 1. The highest BCUT2D eigenvalue weighted by Crippen LogP contribution is 2.44. The van der Waals surface area contributed by atoms with Crippen molar-refractivity contribution in [2.75, 3.05) is 5.73 Å². The highest BCUT2D eigenvalue weighted by molar-refractivity contribution is 6.78. The summed E-state index contributed by atoms with van der Waals surface area (Å²) in [6.07, 6.45) is 2.28. The predicted octanol–water partition coefficient (Wildman–Crippen LogP) is 4.92. The van der Waals surface area contributed by atoms with Crippen molar-refractivity contribution in [3.63, 3.8) is 0 Å². The van der Waals surface area contributed by atoms with Crippen molar-refractivity contribution in [2.45, 2.75) is 71.0 Å². The molecule has 1 aliphatic carbocycles. The van der Waals surface area contributed by atoms with E-state index in [9.17, 15) is 0 Å². The average Bonchev–Trinajstić information content (AvgIpc) is 2.27. The van der Waals surface area contributed by atoms with Crippen LogP contribution < -0.4 is 10.2 Å². The number of anilines is 1. The molecule has 2 rings (SSSR count). The smallest absolute Gasteiger partial charge is 0.258 e. The topological polar surface area (TPSA) is 35.2 Å². The largest absolute Gasteiger partial charge is 0.543 e. The van der Waals surface area contributed by atoms with Crippen molar-refractivity contribution < 1.29 is 4.43 Å². The Morgan fingerprint density at radius 3 is 1.85 bits per heavy atom. The van der Waals surface area contributed by atoms with E-state index in [-0.39, 0.29) is 0 Å². The number of nitrogens with two attached hydrogens (primary N) is 1. The Kier molecular flexibility index (Phi) is 4.19. The predicted molar refractivity (Wildman–Crippen MR) is 89.9 cm³/mol. The molecule has 0 saturated heterocycles. The minimum atomic E-state index is -1.86. The summed E-state index contributed by atoms with van der Waals surface area (Å²) in [7, 11) is -1.86. The van der Waals surface area contributed by atoms with Crippen LogP contribution >= 0.6 is 0 Å². The molecule has 2 nitrogen and oxygen atoms in total. The van der Waals surface area contributed by atoms with Gasteiger partial charge in [-0.25, -0.2) is 0 Å². The van der Waals surface area contributed by atoms with Gasteiger partial charge in [0.05, 0.1) is 0 Å². The molecular formula is C17H29NOSi. The van der Waals surface area contributed by atoms with Gasteiger partial charge < -0.3 is 10.2 Å². The highest BCUT2D eigenvalue weighted by Gasteiger charge is 2.47. The van der Waals surface area contributed by atoms with Crippen LogP contribution in [0.5, 0.6) is 5.75 Å². The fraction of sp³-hybridized carbons (Fsp3) is 0.647. The first-order valence-corrected chi connectivity index (χ1v) is 10.0. The molecule has 0 amide bonds. The molecule has 0 radical (unpaired) electrons. The summed E-state index contributed by atoms with van der Waals surface area (Å²) in [4.78, 5) is 0. The molecule has 2 N–H and O–H groups in total. The Labute approximate surface area is 124 Å². The number of nitrogen functional groups attached to an aromatic ring is 1. The lowest BCUT2D eigenvalue weighted by molar-refractivity contribution is 0.478. The van der Waals surface area contributed by atoms with E-state index >= 15 is 0 Å². The SMILES string of the molecule is CC(C)[Si](Oc1cc(N)c2c(c1)CC2)(C(C)C)C(C)C. The fourth-order valence-corrected chi connectivity index (χ4v) is 9.19. The maximum Gasteiger partial charge on any atom is 0.258 e. The second kappa shape index (κ2) is 5.43. The zero-order valence-corrected chi connectivity index (χ0v) is 14.8. The molecule has 1 aromatic rings. The highest BCUT2D eigenvalue weighted by atomic mass is 28.4. The van der Waals surface area contributed by atoms with E-state index in [2.05, 4.69) is 47.6 Å². The molecule has 0 atom stereocenters. The molecule has 0 aromatic heterocycles. The minimum absolute atomic E-state index is 0.592. The lowest BCUT2D eigenvalue weighted by Crippen LogP contribution is -2.50. The van der Waals surface area contributed by atoms with Crippen LogP contribution in [0.15, 0.2) is 12.1 Å². The molecule has 1 aliphatic rings. The van der Waals surface area contributed by atoms with Crippen LogP contribution in [-0.2, 0) is 12.8 Å². The van der Waals surface area contributed by atoms with Crippen LogP contribution in [0, 0.1) is 0 Å². The minimum Gasteiger partial charge on any atom is -0.543 e. The average molecular weight is 292 g/mol. The Bertz CT molecular complexity index is 455. The standard InChI is InChI=1S/C17H29NOSi/c1-11(2)20(12(3)4,13(5)6)19-15-9-14-7-8-16(14)17(18)10-15/h9-13H,7-8,18H2,1-6H3. The number of rotatable bonds is 5. The molecule has 0 bridgehead atoms. The van der Waals surface area contributed by atoms with E-state index in [1.165, 1.54) is 11.1 Å². The molecule has 0 heterocycles. The van der Waals surface area contributed by atoms with Crippen molar-refractivity contribution in [1.29, 1.82) is 0 Å². The van der Waals surface area contributed by atoms with Crippen molar-refractivity contribution >= 4 is 14.0 Å².